The van der Waals surface area contributed by atoms with E-state index in [9.17, 15) is 14.4 Å². The number of aromatic nitrogens is 2. The van der Waals surface area contributed by atoms with Crippen LogP contribution in [0.3, 0.4) is 0 Å². The van der Waals surface area contributed by atoms with Crippen LogP contribution in [0, 0.1) is 5.92 Å². The van der Waals surface area contributed by atoms with E-state index in [1.807, 2.05) is 35.8 Å². The number of hydrogen-bond acceptors (Lipinski definition) is 7. The first-order valence-corrected chi connectivity index (χ1v) is 13.2. The van der Waals surface area contributed by atoms with E-state index in [0.29, 0.717) is 19.0 Å². The van der Waals surface area contributed by atoms with Gasteiger partial charge in [-0.1, -0.05) is 31.6 Å². The fourth-order valence-corrected chi connectivity index (χ4v) is 5.09. The Morgan fingerprint density at radius 1 is 1.24 bits per heavy atom. The van der Waals surface area contributed by atoms with Gasteiger partial charge in [-0.25, -0.2) is 9.59 Å². The van der Waals surface area contributed by atoms with Gasteiger partial charge in [0, 0.05) is 13.0 Å². The molecule has 2 heterocycles. The van der Waals surface area contributed by atoms with E-state index in [0.717, 1.165) is 17.5 Å². The van der Waals surface area contributed by atoms with Crippen molar-refractivity contribution in [1.29, 1.82) is 0 Å². The van der Waals surface area contributed by atoms with Gasteiger partial charge in [0.1, 0.15) is 23.3 Å². The summed E-state index contributed by atoms with van der Waals surface area (Å²) in [5.74, 6) is -0.869. The van der Waals surface area contributed by atoms with Gasteiger partial charge in [-0.15, -0.1) is 6.58 Å². The molecule has 1 aromatic carbocycles. The molecule has 2 aliphatic rings. The lowest BCUT2D eigenvalue weighted by atomic mass is 10.1. The van der Waals surface area contributed by atoms with E-state index in [2.05, 4.69) is 16.9 Å². The van der Waals surface area contributed by atoms with Crippen LogP contribution in [0.1, 0.15) is 53.9 Å². The van der Waals surface area contributed by atoms with Crippen LogP contribution < -0.4 is 10.1 Å². The predicted octanol–water partition coefficient (Wildman–Crippen LogP) is 3.83. The topological polar surface area (TPSA) is 112 Å². The average Bonchev–Trinajstić information content (AvgIpc) is 3.22. The smallest absolute Gasteiger partial charge is 0.411 e. The quantitative estimate of drug-likeness (QED) is 0.390. The Hall–Kier alpha value is -3.56. The Morgan fingerprint density at radius 3 is 2.61 bits per heavy atom. The van der Waals surface area contributed by atoms with Crippen LogP contribution in [0.15, 0.2) is 36.9 Å². The van der Waals surface area contributed by atoms with Crippen LogP contribution in [-0.2, 0) is 25.6 Å². The highest BCUT2D eigenvalue weighted by Crippen LogP contribution is 2.47. The molecule has 206 valence electrons. The van der Waals surface area contributed by atoms with E-state index in [1.165, 1.54) is 4.90 Å². The van der Waals surface area contributed by atoms with Crippen molar-refractivity contribution in [2.75, 3.05) is 13.2 Å². The molecule has 1 saturated heterocycles. The summed E-state index contributed by atoms with van der Waals surface area (Å²) in [4.78, 5) is 45.5. The maximum Gasteiger partial charge on any atom is 0.411 e. The molecule has 1 aliphatic carbocycles. The maximum atomic E-state index is 13.6. The molecule has 10 heteroatoms. The number of esters is 1. The molecule has 2 aromatic rings. The minimum Gasteiger partial charge on any atom is -0.464 e. The number of hydrogen-bond donors (Lipinski definition) is 1. The number of carbonyl (C=O) groups is 3. The Labute approximate surface area is 223 Å². The van der Waals surface area contributed by atoms with E-state index >= 15 is 0 Å². The number of ether oxygens (including phenoxy) is 3. The number of amides is 2. The molecule has 1 saturated carbocycles. The van der Waals surface area contributed by atoms with Crippen molar-refractivity contribution in [3.63, 3.8) is 0 Å². The molecule has 0 bridgehead atoms. The summed E-state index contributed by atoms with van der Waals surface area (Å²) in [5, 5.41) is 2.93. The molecule has 10 nitrogen and oxygen atoms in total. The summed E-state index contributed by atoms with van der Waals surface area (Å²) < 4.78 is 19.1. The van der Waals surface area contributed by atoms with Crippen molar-refractivity contribution in [2.24, 2.45) is 5.92 Å². The Kier molecular flexibility index (Phi) is 7.71. The second kappa shape index (κ2) is 10.7. The van der Waals surface area contributed by atoms with Gasteiger partial charge < -0.3 is 19.5 Å². The molecule has 1 aliphatic heterocycles. The Balaban J connectivity index is 1.58. The van der Waals surface area contributed by atoms with Crippen molar-refractivity contribution in [3.05, 3.63) is 36.9 Å². The van der Waals surface area contributed by atoms with Crippen molar-refractivity contribution >= 4 is 29.0 Å². The molecular weight excluding hydrogens is 488 g/mol. The molecule has 0 radical (unpaired) electrons. The van der Waals surface area contributed by atoms with Gasteiger partial charge in [-0.2, -0.15) is 4.98 Å². The van der Waals surface area contributed by atoms with Gasteiger partial charge in [0.05, 0.1) is 24.2 Å². The number of likely N-dealkylation sites (tertiary alicyclic amines) is 1. The van der Waals surface area contributed by atoms with Gasteiger partial charge in [0.2, 0.25) is 5.91 Å². The number of imidazole rings is 1. The minimum atomic E-state index is -1.06. The summed E-state index contributed by atoms with van der Waals surface area (Å²) in [5.41, 5.74) is -0.130. The SMILES string of the molecule is C=CCn1c(OC2CC(C(=O)NC3(C(=O)OCC)CC3CC)N(C(=O)OC(C)(C)C)C2)nc2ccccc21. The second-order valence-corrected chi connectivity index (χ2v) is 10.9. The normalized spacial score (nSPS) is 24.7. The molecule has 2 fully saturated rings. The summed E-state index contributed by atoms with van der Waals surface area (Å²) in [6, 6.07) is 7.18. The summed E-state index contributed by atoms with van der Waals surface area (Å²) in [6.45, 7) is 13.7. The summed E-state index contributed by atoms with van der Waals surface area (Å²) in [6.07, 6.45) is 2.09. The van der Waals surface area contributed by atoms with Gasteiger partial charge in [0.15, 0.2) is 0 Å². The van der Waals surface area contributed by atoms with Crippen molar-refractivity contribution < 1.29 is 28.6 Å². The number of benzene rings is 1. The molecule has 1 N–H and O–H groups in total. The third-order valence-corrected chi connectivity index (χ3v) is 6.98. The van der Waals surface area contributed by atoms with Crippen molar-refractivity contribution in [1.82, 2.24) is 19.8 Å². The molecule has 0 spiro atoms. The van der Waals surface area contributed by atoms with Gasteiger partial charge in [0.25, 0.3) is 6.01 Å². The number of nitrogens with zero attached hydrogens (tertiary/aromatic N) is 3. The van der Waals surface area contributed by atoms with Crippen molar-refractivity contribution in [2.45, 2.75) is 83.7 Å². The van der Waals surface area contributed by atoms with Crippen molar-refractivity contribution in [3.8, 4) is 6.01 Å². The highest BCUT2D eigenvalue weighted by molar-refractivity contribution is 5.94. The lowest BCUT2D eigenvalue weighted by Crippen LogP contribution is -2.54. The monoisotopic (exact) mass is 526 g/mol. The third-order valence-electron chi connectivity index (χ3n) is 6.98. The van der Waals surface area contributed by atoms with Crippen LogP contribution in [-0.4, -0.2) is 68.9 Å². The number of para-hydroxylation sites is 2. The molecule has 38 heavy (non-hydrogen) atoms. The number of fused-ring (bicyclic) bond motifs is 1. The molecule has 1 aromatic heterocycles. The zero-order chi connectivity index (χ0) is 27.7. The van der Waals surface area contributed by atoms with Gasteiger partial charge >= 0.3 is 12.1 Å². The molecule has 4 unspecified atom stereocenters. The van der Waals surface area contributed by atoms with Crippen LogP contribution in [0.4, 0.5) is 4.79 Å². The van der Waals surface area contributed by atoms with Gasteiger partial charge in [-0.05, 0) is 52.2 Å². The first-order valence-electron chi connectivity index (χ1n) is 13.2. The Bertz CT molecular complexity index is 1220. The fourth-order valence-electron chi connectivity index (χ4n) is 5.09. The maximum absolute atomic E-state index is 13.6. The van der Waals surface area contributed by atoms with E-state index < -0.39 is 41.3 Å². The van der Waals surface area contributed by atoms with Crippen LogP contribution in [0.25, 0.3) is 11.0 Å². The summed E-state index contributed by atoms with van der Waals surface area (Å²) >= 11 is 0. The minimum absolute atomic E-state index is 0.00673. The van der Waals surface area contributed by atoms with E-state index in [-0.39, 0.29) is 25.5 Å². The van der Waals surface area contributed by atoms with E-state index in [4.69, 9.17) is 14.2 Å². The molecule has 4 rings (SSSR count). The zero-order valence-electron chi connectivity index (χ0n) is 22.9. The Morgan fingerprint density at radius 2 is 1.97 bits per heavy atom. The molecule has 2 amide bonds. The summed E-state index contributed by atoms with van der Waals surface area (Å²) in [7, 11) is 0. The predicted molar refractivity (Wildman–Crippen MR) is 142 cm³/mol. The number of allylic oxidation sites excluding steroid dienone is 1. The second-order valence-electron chi connectivity index (χ2n) is 10.9. The number of rotatable bonds is 9. The van der Waals surface area contributed by atoms with E-state index in [1.54, 1.807) is 33.8 Å². The standard InChI is InChI=1S/C28H38N4O6/c1-7-14-31-21-13-11-10-12-20(21)29-25(31)37-19-15-22(32(17-19)26(35)38-27(4,5)6)23(33)30-28(16-18(28)8-2)24(34)36-9-3/h7,10-13,18-19,22H,1,8-9,14-17H2,2-6H3,(H,30,33). The molecular formula is C28H38N4O6. The number of nitrogens with one attached hydrogen (secondary N) is 1. The first kappa shape index (κ1) is 27.5. The zero-order valence-corrected chi connectivity index (χ0v) is 22.9. The lowest BCUT2D eigenvalue weighted by Gasteiger charge is -2.29. The average molecular weight is 527 g/mol. The largest absolute Gasteiger partial charge is 0.464 e. The number of carbonyl (C=O) groups excluding carboxylic acids is 3. The van der Waals surface area contributed by atoms with Crippen LogP contribution >= 0.6 is 0 Å². The van der Waals surface area contributed by atoms with Gasteiger partial charge in [-0.3, -0.25) is 14.3 Å². The molecule has 4 atom stereocenters. The third kappa shape index (κ3) is 5.49. The van der Waals surface area contributed by atoms with Crippen LogP contribution in [0.5, 0.6) is 6.01 Å². The fraction of sp³-hybridized carbons (Fsp3) is 0.571. The highest BCUT2D eigenvalue weighted by Gasteiger charge is 2.62. The van der Waals surface area contributed by atoms with Crippen LogP contribution in [0.2, 0.25) is 0 Å². The lowest BCUT2D eigenvalue weighted by molar-refractivity contribution is -0.149. The first-order chi connectivity index (χ1) is 18.0. The highest BCUT2D eigenvalue weighted by atomic mass is 16.6.